The number of nitrogens with zero attached hydrogens (tertiary/aromatic N) is 1. The van der Waals surface area contributed by atoms with E-state index in [0.29, 0.717) is 30.1 Å². The molecule has 2 heterocycles. The lowest BCUT2D eigenvalue weighted by molar-refractivity contribution is 0.0923. The molecular weight excluding hydrogens is 352 g/mol. The Morgan fingerprint density at radius 3 is 2.81 bits per heavy atom. The van der Waals surface area contributed by atoms with E-state index in [2.05, 4.69) is 5.32 Å². The second-order valence-electron chi connectivity index (χ2n) is 6.20. The van der Waals surface area contributed by atoms with E-state index < -0.39 is 0 Å². The van der Waals surface area contributed by atoms with E-state index in [1.54, 1.807) is 12.0 Å². The van der Waals surface area contributed by atoms with Gasteiger partial charge in [0.25, 0.3) is 5.91 Å². The van der Waals surface area contributed by atoms with Crippen molar-refractivity contribution >= 4 is 23.3 Å². The molecule has 138 valence electrons. The summed E-state index contributed by atoms with van der Waals surface area (Å²) in [6, 6.07) is 11.3. The highest BCUT2D eigenvalue weighted by Gasteiger charge is 2.29. The molecule has 2 amide bonds. The molecule has 7 heteroatoms. The van der Waals surface area contributed by atoms with Crippen LogP contribution in [0, 0.1) is 6.92 Å². The summed E-state index contributed by atoms with van der Waals surface area (Å²) >= 11 is 1.40. The summed E-state index contributed by atoms with van der Waals surface area (Å²) in [5.74, 6) is 0.423. The number of ether oxygens (including phenoxy) is 2. The Bertz CT molecular complexity index is 775. The quantitative estimate of drug-likeness (QED) is 0.873. The summed E-state index contributed by atoms with van der Waals surface area (Å²) in [4.78, 5) is 27.9. The summed E-state index contributed by atoms with van der Waals surface area (Å²) in [5.41, 5.74) is 0.949. The van der Waals surface area contributed by atoms with Gasteiger partial charge in [0.2, 0.25) is 0 Å². The van der Waals surface area contributed by atoms with Gasteiger partial charge in [-0.05, 0) is 25.0 Å². The van der Waals surface area contributed by atoms with Crippen molar-refractivity contribution < 1.29 is 19.1 Å². The second kappa shape index (κ2) is 8.23. The minimum atomic E-state index is -0.352. The highest BCUT2D eigenvalue weighted by Crippen LogP contribution is 2.28. The first-order valence-corrected chi connectivity index (χ1v) is 9.29. The highest BCUT2D eigenvalue weighted by atomic mass is 32.1. The van der Waals surface area contributed by atoms with Gasteiger partial charge >= 0.3 is 6.09 Å². The number of methoxy groups -OCH3 is 1. The van der Waals surface area contributed by atoms with Gasteiger partial charge in [-0.2, -0.15) is 0 Å². The van der Waals surface area contributed by atoms with Crippen molar-refractivity contribution in [2.75, 3.05) is 20.2 Å². The van der Waals surface area contributed by atoms with Crippen molar-refractivity contribution in [3.8, 4) is 5.75 Å². The maximum absolute atomic E-state index is 12.5. The molecule has 0 spiro atoms. The number of likely N-dealkylation sites (tertiary alicyclic amines) is 1. The van der Waals surface area contributed by atoms with Gasteiger partial charge in [0.1, 0.15) is 17.2 Å². The molecule has 2 aromatic rings. The zero-order valence-electron chi connectivity index (χ0n) is 14.9. The van der Waals surface area contributed by atoms with Crippen LogP contribution in [0.4, 0.5) is 4.79 Å². The summed E-state index contributed by atoms with van der Waals surface area (Å²) in [6.07, 6.45) is 0.355. The highest BCUT2D eigenvalue weighted by molar-refractivity contribution is 7.14. The second-order valence-corrected chi connectivity index (χ2v) is 7.46. The molecule has 1 saturated heterocycles. The number of aryl methyl sites for hydroxylation is 1. The van der Waals surface area contributed by atoms with E-state index in [-0.39, 0.29) is 24.6 Å². The van der Waals surface area contributed by atoms with Crippen molar-refractivity contribution in [2.45, 2.75) is 26.0 Å². The van der Waals surface area contributed by atoms with Crippen LogP contribution in [-0.4, -0.2) is 43.1 Å². The number of carbonyl (C=O) groups is 2. The number of benzene rings is 1. The van der Waals surface area contributed by atoms with Gasteiger partial charge in [0, 0.05) is 24.0 Å². The fraction of sp³-hybridized carbons (Fsp3) is 0.368. The maximum Gasteiger partial charge on any atom is 0.410 e. The molecule has 26 heavy (non-hydrogen) atoms. The number of thiophene rings is 1. The van der Waals surface area contributed by atoms with Crippen molar-refractivity contribution in [1.82, 2.24) is 10.2 Å². The Balaban J connectivity index is 1.50. The SMILES string of the molecule is COc1cc(C)sc1C(=O)N[C@H]1CCN(C(=O)OCc2ccccc2)C1. The normalized spacial score (nSPS) is 16.4. The maximum atomic E-state index is 12.5. The lowest BCUT2D eigenvalue weighted by Crippen LogP contribution is -2.38. The van der Waals surface area contributed by atoms with Crippen LogP contribution in [0.25, 0.3) is 0 Å². The minimum Gasteiger partial charge on any atom is -0.495 e. The Hall–Kier alpha value is -2.54. The topological polar surface area (TPSA) is 67.9 Å². The standard InChI is InChI=1S/C19H22N2O4S/c1-13-10-16(24-2)17(26-13)18(22)20-15-8-9-21(11-15)19(23)25-12-14-6-4-3-5-7-14/h3-7,10,15H,8-9,11-12H2,1-2H3,(H,20,22)/t15-/m0/s1. The molecule has 0 saturated carbocycles. The van der Waals surface area contributed by atoms with Crippen LogP contribution in [0.3, 0.4) is 0 Å². The molecule has 1 N–H and O–H groups in total. The lowest BCUT2D eigenvalue weighted by atomic mass is 10.2. The molecule has 1 aromatic carbocycles. The van der Waals surface area contributed by atoms with Crippen LogP contribution < -0.4 is 10.1 Å². The average Bonchev–Trinajstić information content (AvgIpc) is 3.27. The molecule has 6 nitrogen and oxygen atoms in total. The molecule has 1 atom stereocenters. The van der Waals surface area contributed by atoms with Crippen molar-refractivity contribution in [3.63, 3.8) is 0 Å². The van der Waals surface area contributed by atoms with Crippen molar-refractivity contribution in [2.24, 2.45) is 0 Å². The van der Waals surface area contributed by atoms with E-state index >= 15 is 0 Å². The largest absolute Gasteiger partial charge is 0.495 e. The third kappa shape index (κ3) is 4.35. The average molecular weight is 374 g/mol. The number of rotatable bonds is 5. The van der Waals surface area contributed by atoms with Crippen LogP contribution in [0.2, 0.25) is 0 Å². The monoisotopic (exact) mass is 374 g/mol. The molecule has 0 unspecified atom stereocenters. The molecular formula is C19H22N2O4S. The number of amides is 2. The number of nitrogens with one attached hydrogen (secondary N) is 1. The van der Waals surface area contributed by atoms with Gasteiger partial charge in [-0.15, -0.1) is 11.3 Å². The van der Waals surface area contributed by atoms with Gasteiger partial charge in [-0.1, -0.05) is 30.3 Å². The van der Waals surface area contributed by atoms with E-state index in [4.69, 9.17) is 9.47 Å². The number of hydrogen-bond acceptors (Lipinski definition) is 5. The van der Waals surface area contributed by atoms with Gasteiger partial charge in [0.05, 0.1) is 7.11 Å². The Kier molecular flexibility index (Phi) is 5.78. The van der Waals surface area contributed by atoms with Gasteiger partial charge in [0.15, 0.2) is 0 Å². The van der Waals surface area contributed by atoms with Gasteiger partial charge in [-0.3, -0.25) is 4.79 Å². The number of carbonyl (C=O) groups excluding carboxylic acids is 2. The minimum absolute atomic E-state index is 0.0844. The number of hydrogen-bond donors (Lipinski definition) is 1. The fourth-order valence-corrected chi connectivity index (χ4v) is 3.79. The molecule has 0 bridgehead atoms. The fourth-order valence-electron chi connectivity index (χ4n) is 2.91. The van der Waals surface area contributed by atoms with Crippen LogP contribution in [-0.2, 0) is 11.3 Å². The summed E-state index contributed by atoms with van der Waals surface area (Å²) in [5, 5.41) is 2.98. The first-order chi connectivity index (χ1) is 12.6. The molecule has 1 aromatic heterocycles. The van der Waals surface area contributed by atoms with E-state index in [9.17, 15) is 9.59 Å². The summed E-state index contributed by atoms with van der Waals surface area (Å²) in [7, 11) is 1.55. The smallest absolute Gasteiger partial charge is 0.410 e. The molecule has 0 radical (unpaired) electrons. The Morgan fingerprint density at radius 1 is 1.31 bits per heavy atom. The Labute approximate surface area is 156 Å². The van der Waals surface area contributed by atoms with Crippen molar-refractivity contribution in [1.29, 1.82) is 0 Å². The molecule has 1 aliphatic heterocycles. The molecule has 1 aliphatic rings. The zero-order valence-corrected chi connectivity index (χ0v) is 15.7. The first-order valence-electron chi connectivity index (χ1n) is 8.47. The van der Waals surface area contributed by atoms with E-state index in [1.165, 1.54) is 11.3 Å². The van der Waals surface area contributed by atoms with Crippen LogP contribution in [0.1, 0.15) is 26.5 Å². The lowest BCUT2D eigenvalue weighted by Gasteiger charge is -2.17. The van der Waals surface area contributed by atoms with Crippen molar-refractivity contribution in [3.05, 3.63) is 51.7 Å². The zero-order chi connectivity index (χ0) is 18.5. The third-order valence-electron chi connectivity index (χ3n) is 4.23. The van der Waals surface area contributed by atoms with Gasteiger partial charge in [-0.25, -0.2) is 4.79 Å². The van der Waals surface area contributed by atoms with Crippen LogP contribution in [0.5, 0.6) is 5.75 Å². The Morgan fingerprint density at radius 2 is 2.08 bits per heavy atom. The third-order valence-corrected chi connectivity index (χ3v) is 5.26. The first kappa shape index (κ1) is 18.3. The molecule has 1 fully saturated rings. The summed E-state index contributed by atoms with van der Waals surface area (Å²) < 4.78 is 10.6. The van der Waals surface area contributed by atoms with Crippen LogP contribution >= 0.6 is 11.3 Å². The predicted molar refractivity (Wildman–Crippen MR) is 99.7 cm³/mol. The van der Waals surface area contributed by atoms with E-state index in [1.807, 2.05) is 43.3 Å². The molecule has 0 aliphatic carbocycles. The van der Waals surface area contributed by atoms with E-state index in [0.717, 1.165) is 10.4 Å². The van der Waals surface area contributed by atoms with Crippen LogP contribution in [0.15, 0.2) is 36.4 Å². The predicted octanol–water partition coefficient (Wildman–Crippen LogP) is 3.21. The summed E-state index contributed by atoms with van der Waals surface area (Å²) in [6.45, 7) is 3.20. The molecule has 3 rings (SSSR count). The van der Waals surface area contributed by atoms with Gasteiger partial charge < -0.3 is 19.7 Å².